The van der Waals surface area contributed by atoms with Crippen LogP contribution in [-0.4, -0.2) is 57.8 Å². The summed E-state index contributed by atoms with van der Waals surface area (Å²) < 4.78 is 26.3. The van der Waals surface area contributed by atoms with Gasteiger partial charge in [0.1, 0.15) is 0 Å². The van der Waals surface area contributed by atoms with Gasteiger partial charge in [0.25, 0.3) is 0 Å². The Hall–Kier alpha value is -0.170. The molecule has 1 fully saturated rings. The number of rotatable bonds is 13. The Morgan fingerprint density at radius 1 is 1.10 bits per heavy atom. The van der Waals surface area contributed by atoms with Crippen molar-refractivity contribution in [3.05, 3.63) is 0 Å². The maximum absolute atomic E-state index is 11.8. The topological polar surface area (TPSA) is 61.4 Å². The molecule has 6 heteroatoms. The van der Waals surface area contributed by atoms with Crippen LogP contribution in [0.25, 0.3) is 0 Å². The zero-order valence-electron chi connectivity index (χ0n) is 13.0. The largest absolute Gasteiger partial charge is 0.314 e. The minimum atomic E-state index is -3.09. The van der Waals surface area contributed by atoms with E-state index in [0.717, 1.165) is 45.4 Å². The van der Waals surface area contributed by atoms with Crippen molar-refractivity contribution in [2.24, 2.45) is 0 Å². The van der Waals surface area contributed by atoms with E-state index < -0.39 is 10.0 Å². The summed E-state index contributed by atoms with van der Waals surface area (Å²) in [5, 5.41) is 3.40. The molecule has 1 aliphatic rings. The summed E-state index contributed by atoms with van der Waals surface area (Å²) in [5.74, 6) is 0.249. The molecule has 0 amide bonds. The van der Waals surface area contributed by atoms with Crippen molar-refractivity contribution in [1.29, 1.82) is 0 Å². The monoisotopic (exact) mass is 305 g/mol. The number of unbranched alkanes of at least 4 members (excludes halogenated alkanes) is 1. The van der Waals surface area contributed by atoms with Crippen molar-refractivity contribution >= 4 is 10.0 Å². The van der Waals surface area contributed by atoms with Gasteiger partial charge in [-0.15, -0.1) is 0 Å². The van der Waals surface area contributed by atoms with Crippen molar-refractivity contribution < 1.29 is 8.42 Å². The first kappa shape index (κ1) is 17.9. The molecular formula is C14H31N3O2S. The fourth-order valence-electron chi connectivity index (χ4n) is 2.19. The van der Waals surface area contributed by atoms with Crippen LogP contribution in [0.4, 0.5) is 0 Å². The van der Waals surface area contributed by atoms with Crippen LogP contribution >= 0.6 is 0 Å². The Labute approximate surface area is 124 Å². The molecule has 1 saturated carbocycles. The van der Waals surface area contributed by atoms with E-state index in [0.29, 0.717) is 12.6 Å². The van der Waals surface area contributed by atoms with Crippen LogP contribution in [-0.2, 0) is 10.0 Å². The minimum absolute atomic E-state index is 0.249. The molecule has 1 rings (SSSR count). The van der Waals surface area contributed by atoms with Gasteiger partial charge in [-0.05, 0) is 51.7 Å². The molecule has 0 heterocycles. The van der Waals surface area contributed by atoms with Gasteiger partial charge in [0.05, 0.1) is 5.75 Å². The molecule has 0 aliphatic heterocycles. The van der Waals surface area contributed by atoms with Crippen LogP contribution in [0, 0.1) is 0 Å². The molecule has 0 radical (unpaired) electrons. The van der Waals surface area contributed by atoms with Gasteiger partial charge < -0.3 is 10.2 Å². The van der Waals surface area contributed by atoms with Crippen molar-refractivity contribution in [1.82, 2.24) is 14.9 Å². The Bertz CT molecular complexity index is 342. The molecule has 0 aromatic rings. The number of likely N-dealkylation sites (N-methyl/N-ethyl adjacent to an activating group) is 1. The normalized spacial score (nSPS) is 15.9. The average Bonchev–Trinajstić information content (AvgIpc) is 3.21. The SMILES string of the molecule is CCCN(CC)CCNS(=O)(=O)CCCCNC1CC1. The van der Waals surface area contributed by atoms with Crippen LogP contribution in [0.15, 0.2) is 0 Å². The van der Waals surface area contributed by atoms with Gasteiger partial charge in [0, 0.05) is 19.1 Å². The second kappa shape index (κ2) is 9.71. The van der Waals surface area contributed by atoms with Gasteiger partial charge in [0.15, 0.2) is 0 Å². The van der Waals surface area contributed by atoms with Gasteiger partial charge in [-0.1, -0.05) is 13.8 Å². The smallest absolute Gasteiger partial charge is 0.211 e. The molecule has 20 heavy (non-hydrogen) atoms. The number of sulfonamides is 1. The minimum Gasteiger partial charge on any atom is -0.314 e. The van der Waals surface area contributed by atoms with Gasteiger partial charge in [-0.2, -0.15) is 0 Å². The summed E-state index contributed by atoms with van der Waals surface area (Å²) in [6, 6.07) is 0.711. The van der Waals surface area contributed by atoms with Crippen molar-refractivity contribution in [2.45, 2.75) is 52.0 Å². The zero-order valence-corrected chi connectivity index (χ0v) is 13.8. The first-order valence-corrected chi connectivity index (χ1v) is 9.65. The third-order valence-corrected chi connectivity index (χ3v) is 5.06. The molecule has 0 spiro atoms. The molecule has 0 saturated heterocycles. The summed E-state index contributed by atoms with van der Waals surface area (Å²) in [4.78, 5) is 2.27. The molecule has 0 unspecified atom stereocenters. The highest BCUT2D eigenvalue weighted by atomic mass is 32.2. The second-order valence-corrected chi connectivity index (χ2v) is 7.51. The molecule has 120 valence electrons. The fraction of sp³-hybridized carbons (Fsp3) is 1.00. The van der Waals surface area contributed by atoms with E-state index in [4.69, 9.17) is 0 Å². The van der Waals surface area contributed by atoms with Crippen LogP contribution in [0.5, 0.6) is 0 Å². The Morgan fingerprint density at radius 2 is 1.85 bits per heavy atom. The van der Waals surface area contributed by atoms with Crippen molar-refractivity contribution in [2.75, 3.05) is 38.5 Å². The lowest BCUT2D eigenvalue weighted by molar-refractivity contribution is 0.293. The van der Waals surface area contributed by atoms with Crippen LogP contribution in [0.3, 0.4) is 0 Å². The molecule has 1 aliphatic carbocycles. The second-order valence-electron chi connectivity index (χ2n) is 5.58. The third kappa shape index (κ3) is 8.89. The number of nitrogens with one attached hydrogen (secondary N) is 2. The molecule has 2 N–H and O–H groups in total. The Balaban J connectivity index is 2.03. The predicted molar refractivity (Wildman–Crippen MR) is 84.5 cm³/mol. The summed E-state index contributed by atoms with van der Waals surface area (Å²) in [7, 11) is -3.09. The lowest BCUT2D eigenvalue weighted by Crippen LogP contribution is -2.36. The summed E-state index contributed by atoms with van der Waals surface area (Å²) in [6.07, 6.45) is 5.35. The molecular weight excluding hydrogens is 274 g/mol. The number of hydrogen-bond acceptors (Lipinski definition) is 4. The van der Waals surface area contributed by atoms with Crippen molar-refractivity contribution in [3.8, 4) is 0 Å². The summed E-state index contributed by atoms with van der Waals surface area (Å²) >= 11 is 0. The van der Waals surface area contributed by atoms with Gasteiger partial charge in [-0.3, -0.25) is 0 Å². The first-order valence-electron chi connectivity index (χ1n) is 8.00. The molecule has 0 aromatic heterocycles. The van der Waals surface area contributed by atoms with E-state index in [9.17, 15) is 8.42 Å². The quantitative estimate of drug-likeness (QED) is 0.502. The summed E-state index contributed by atoms with van der Waals surface area (Å²) in [5.41, 5.74) is 0. The maximum Gasteiger partial charge on any atom is 0.211 e. The molecule has 5 nitrogen and oxygen atoms in total. The highest BCUT2D eigenvalue weighted by molar-refractivity contribution is 7.89. The fourth-order valence-corrected chi connectivity index (χ4v) is 3.32. The zero-order chi connectivity index (χ0) is 14.8. The van der Waals surface area contributed by atoms with Crippen LogP contribution < -0.4 is 10.0 Å². The number of nitrogens with zero attached hydrogens (tertiary/aromatic N) is 1. The lowest BCUT2D eigenvalue weighted by atomic mass is 10.3. The predicted octanol–water partition coefficient (Wildman–Crippen LogP) is 1.17. The van der Waals surface area contributed by atoms with Gasteiger partial charge in [0.2, 0.25) is 10.0 Å². The molecule has 0 bridgehead atoms. The maximum atomic E-state index is 11.8. The Kier molecular flexibility index (Phi) is 8.68. The van der Waals surface area contributed by atoms with E-state index in [2.05, 4.69) is 28.8 Å². The van der Waals surface area contributed by atoms with E-state index in [-0.39, 0.29) is 5.75 Å². The van der Waals surface area contributed by atoms with Gasteiger partial charge in [-0.25, -0.2) is 13.1 Å². The van der Waals surface area contributed by atoms with Crippen molar-refractivity contribution in [3.63, 3.8) is 0 Å². The van der Waals surface area contributed by atoms with E-state index in [1.165, 1.54) is 12.8 Å². The first-order chi connectivity index (χ1) is 9.57. The summed E-state index contributed by atoms with van der Waals surface area (Å²) in [6.45, 7) is 8.52. The lowest BCUT2D eigenvalue weighted by Gasteiger charge is -2.19. The highest BCUT2D eigenvalue weighted by Crippen LogP contribution is 2.18. The third-order valence-electron chi connectivity index (χ3n) is 3.59. The van der Waals surface area contributed by atoms with Crippen LogP contribution in [0.2, 0.25) is 0 Å². The molecule has 0 atom stereocenters. The van der Waals surface area contributed by atoms with E-state index >= 15 is 0 Å². The number of hydrogen-bond donors (Lipinski definition) is 2. The van der Waals surface area contributed by atoms with Crippen LogP contribution in [0.1, 0.15) is 46.0 Å². The molecule has 0 aromatic carbocycles. The Morgan fingerprint density at radius 3 is 2.45 bits per heavy atom. The average molecular weight is 305 g/mol. The van der Waals surface area contributed by atoms with Gasteiger partial charge >= 0.3 is 0 Å². The van der Waals surface area contributed by atoms with E-state index in [1.54, 1.807) is 0 Å². The highest BCUT2D eigenvalue weighted by Gasteiger charge is 2.19. The van der Waals surface area contributed by atoms with E-state index in [1.807, 2.05) is 0 Å². The standard InChI is InChI=1S/C14H31N3O2S/c1-3-11-17(4-2)12-10-16-20(18,19)13-6-5-9-15-14-7-8-14/h14-16H,3-13H2,1-2H3.